The third-order valence-corrected chi connectivity index (χ3v) is 4.01. The summed E-state index contributed by atoms with van der Waals surface area (Å²) in [6.45, 7) is 2.64. The standard InChI is InChI=1S/C14H14Cl2N4O5/c1-6(21)23-5-8-3-10(24-7(2)22)13(25-8)20-12-9(4-17-20)11(15)18-14(16)19-12/h4,8,10,13H,3,5H2,1-2H3/t8?,10-,13-/m1/s1. The van der Waals surface area contributed by atoms with Crippen LogP contribution in [-0.2, 0) is 23.8 Å². The summed E-state index contributed by atoms with van der Waals surface area (Å²) < 4.78 is 17.6. The summed E-state index contributed by atoms with van der Waals surface area (Å²) in [5, 5.41) is 4.81. The molecule has 134 valence electrons. The maximum Gasteiger partial charge on any atom is 0.303 e. The van der Waals surface area contributed by atoms with Crippen LogP contribution >= 0.6 is 23.2 Å². The highest BCUT2D eigenvalue weighted by Crippen LogP contribution is 2.34. The minimum Gasteiger partial charge on any atom is -0.463 e. The first-order valence-electron chi connectivity index (χ1n) is 7.37. The van der Waals surface area contributed by atoms with Gasteiger partial charge in [0.1, 0.15) is 11.8 Å². The highest BCUT2D eigenvalue weighted by Gasteiger charge is 2.40. The van der Waals surface area contributed by atoms with Gasteiger partial charge in [-0.05, 0) is 11.6 Å². The fourth-order valence-corrected chi connectivity index (χ4v) is 3.04. The molecule has 0 aliphatic carbocycles. The lowest BCUT2D eigenvalue weighted by Crippen LogP contribution is -2.25. The van der Waals surface area contributed by atoms with Gasteiger partial charge in [0.2, 0.25) is 5.28 Å². The van der Waals surface area contributed by atoms with E-state index in [0.717, 1.165) is 0 Å². The summed E-state index contributed by atoms with van der Waals surface area (Å²) in [6, 6.07) is 0. The van der Waals surface area contributed by atoms with Gasteiger partial charge in [-0.25, -0.2) is 9.67 Å². The smallest absolute Gasteiger partial charge is 0.303 e. The predicted molar refractivity (Wildman–Crippen MR) is 86.1 cm³/mol. The van der Waals surface area contributed by atoms with Crippen LogP contribution in [0.1, 0.15) is 26.5 Å². The molecule has 3 rings (SSSR count). The molecule has 11 heteroatoms. The monoisotopic (exact) mass is 388 g/mol. The Morgan fingerprint density at radius 2 is 2.08 bits per heavy atom. The minimum atomic E-state index is -0.760. The van der Waals surface area contributed by atoms with E-state index in [-0.39, 0.29) is 17.0 Å². The minimum absolute atomic E-state index is 0.0410. The molecule has 0 amide bonds. The summed E-state index contributed by atoms with van der Waals surface area (Å²) in [5.41, 5.74) is 0.347. The summed E-state index contributed by atoms with van der Waals surface area (Å²) in [7, 11) is 0. The number of halogens is 2. The summed E-state index contributed by atoms with van der Waals surface area (Å²) in [5.74, 6) is -0.888. The Morgan fingerprint density at radius 3 is 2.76 bits per heavy atom. The second kappa shape index (κ2) is 7.11. The number of hydrogen-bond acceptors (Lipinski definition) is 8. The average molecular weight is 389 g/mol. The maximum absolute atomic E-state index is 11.4. The van der Waals surface area contributed by atoms with Gasteiger partial charge in [-0.3, -0.25) is 9.59 Å². The van der Waals surface area contributed by atoms with Crippen molar-refractivity contribution in [1.82, 2.24) is 19.7 Å². The molecular weight excluding hydrogens is 375 g/mol. The number of ether oxygens (including phenoxy) is 3. The van der Waals surface area contributed by atoms with Crippen molar-refractivity contribution in [3.63, 3.8) is 0 Å². The van der Waals surface area contributed by atoms with Crippen LogP contribution < -0.4 is 0 Å². The fraction of sp³-hybridized carbons (Fsp3) is 0.500. The summed E-state index contributed by atoms with van der Waals surface area (Å²) in [6.07, 6.45) is -0.0320. The molecular formula is C14H14Cl2N4O5. The molecule has 2 aromatic heterocycles. The number of esters is 2. The number of nitrogens with zero attached hydrogens (tertiary/aromatic N) is 4. The number of carbonyl (C=O) groups is 2. The van der Waals surface area contributed by atoms with Crippen LogP contribution in [0.4, 0.5) is 0 Å². The highest BCUT2D eigenvalue weighted by molar-refractivity contribution is 6.35. The second-order valence-electron chi connectivity index (χ2n) is 5.44. The van der Waals surface area contributed by atoms with Crippen molar-refractivity contribution in [3.8, 4) is 0 Å². The molecule has 0 saturated carbocycles. The van der Waals surface area contributed by atoms with Gasteiger partial charge >= 0.3 is 11.9 Å². The van der Waals surface area contributed by atoms with E-state index in [0.29, 0.717) is 17.5 Å². The number of carbonyl (C=O) groups excluding carboxylic acids is 2. The molecule has 2 aromatic rings. The Balaban J connectivity index is 1.92. The Morgan fingerprint density at radius 1 is 1.32 bits per heavy atom. The Hall–Kier alpha value is -1.97. The van der Waals surface area contributed by atoms with Crippen molar-refractivity contribution in [3.05, 3.63) is 16.6 Å². The molecule has 1 saturated heterocycles. The lowest BCUT2D eigenvalue weighted by Gasteiger charge is -2.19. The van der Waals surface area contributed by atoms with Gasteiger partial charge in [0.25, 0.3) is 0 Å². The highest BCUT2D eigenvalue weighted by atomic mass is 35.5. The molecule has 25 heavy (non-hydrogen) atoms. The van der Waals surface area contributed by atoms with E-state index in [1.54, 1.807) is 0 Å². The van der Waals surface area contributed by atoms with Crippen LogP contribution in [0, 0.1) is 0 Å². The number of aromatic nitrogens is 4. The van der Waals surface area contributed by atoms with Crippen LogP contribution in [0.3, 0.4) is 0 Å². The van der Waals surface area contributed by atoms with E-state index in [2.05, 4.69) is 15.1 Å². The van der Waals surface area contributed by atoms with Gasteiger partial charge < -0.3 is 14.2 Å². The Labute approximate surface area is 152 Å². The third-order valence-electron chi connectivity index (χ3n) is 3.56. The summed E-state index contributed by atoms with van der Waals surface area (Å²) >= 11 is 11.9. The van der Waals surface area contributed by atoms with Gasteiger partial charge in [-0.15, -0.1) is 0 Å². The van der Waals surface area contributed by atoms with Gasteiger partial charge in [0.05, 0.1) is 17.7 Å². The van der Waals surface area contributed by atoms with Crippen LogP contribution in [0.5, 0.6) is 0 Å². The van der Waals surface area contributed by atoms with Crippen LogP contribution in [0.15, 0.2) is 6.20 Å². The molecule has 9 nitrogen and oxygen atoms in total. The van der Waals surface area contributed by atoms with Crippen LogP contribution in [0.2, 0.25) is 10.4 Å². The first-order valence-corrected chi connectivity index (χ1v) is 8.13. The molecule has 3 heterocycles. The van der Waals surface area contributed by atoms with Gasteiger partial charge in [-0.1, -0.05) is 11.6 Å². The third kappa shape index (κ3) is 3.83. The molecule has 0 N–H and O–H groups in total. The normalized spacial score (nSPS) is 23.0. The quantitative estimate of drug-likeness (QED) is 0.444. The van der Waals surface area contributed by atoms with Gasteiger partial charge in [0.15, 0.2) is 18.0 Å². The average Bonchev–Trinajstić information content (AvgIpc) is 3.08. The second-order valence-corrected chi connectivity index (χ2v) is 6.14. The van der Waals surface area contributed by atoms with Crippen molar-refractivity contribution in [2.75, 3.05) is 6.61 Å². The van der Waals surface area contributed by atoms with Crippen LogP contribution in [0.25, 0.3) is 11.0 Å². The maximum atomic E-state index is 11.4. The van der Waals surface area contributed by atoms with Crippen LogP contribution in [-0.4, -0.2) is 50.5 Å². The molecule has 1 aliphatic rings. The van der Waals surface area contributed by atoms with Gasteiger partial charge in [-0.2, -0.15) is 10.1 Å². The molecule has 0 aromatic carbocycles. The van der Waals surface area contributed by atoms with Crippen molar-refractivity contribution in [2.24, 2.45) is 0 Å². The van der Waals surface area contributed by atoms with E-state index in [1.165, 1.54) is 24.7 Å². The number of rotatable bonds is 4. The summed E-state index contributed by atoms with van der Waals surface area (Å²) in [4.78, 5) is 30.4. The van der Waals surface area contributed by atoms with E-state index in [4.69, 9.17) is 37.4 Å². The zero-order valence-corrected chi connectivity index (χ0v) is 14.8. The van der Waals surface area contributed by atoms with E-state index in [1.807, 2.05) is 0 Å². The first-order chi connectivity index (χ1) is 11.8. The number of hydrogen-bond donors (Lipinski definition) is 0. The Kier molecular flexibility index (Phi) is 5.07. The SMILES string of the molecule is CC(=O)OCC1C[C@@H](OC(C)=O)[C@H](n2ncc3c(Cl)nc(Cl)nc32)O1. The molecule has 1 unspecified atom stereocenters. The van der Waals surface area contributed by atoms with Crippen molar-refractivity contribution in [2.45, 2.75) is 38.7 Å². The predicted octanol–water partition coefficient (Wildman–Crippen LogP) is 1.92. The molecule has 0 spiro atoms. The largest absolute Gasteiger partial charge is 0.463 e. The molecule has 0 bridgehead atoms. The van der Waals surface area contributed by atoms with E-state index in [9.17, 15) is 9.59 Å². The number of fused-ring (bicyclic) bond motifs is 1. The zero-order chi connectivity index (χ0) is 18.1. The molecule has 1 aliphatic heterocycles. The lowest BCUT2D eigenvalue weighted by molar-refractivity contribution is -0.153. The van der Waals surface area contributed by atoms with Crippen molar-refractivity contribution < 1.29 is 23.8 Å². The first kappa shape index (κ1) is 17.8. The van der Waals surface area contributed by atoms with Crippen molar-refractivity contribution >= 4 is 46.2 Å². The van der Waals surface area contributed by atoms with E-state index < -0.39 is 30.4 Å². The zero-order valence-electron chi connectivity index (χ0n) is 13.3. The van der Waals surface area contributed by atoms with Gasteiger partial charge in [0, 0.05) is 20.3 Å². The van der Waals surface area contributed by atoms with Crippen molar-refractivity contribution in [1.29, 1.82) is 0 Å². The van der Waals surface area contributed by atoms with E-state index >= 15 is 0 Å². The fourth-order valence-electron chi connectivity index (χ4n) is 2.62. The Bertz CT molecular complexity index is 827. The molecule has 1 fully saturated rings. The molecule has 3 atom stereocenters. The lowest BCUT2D eigenvalue weighted by atomic mass is 10.2. The topological polar surface area (TPSA) is 105 Å². The molecule has 0 radical (unpaired) electrons.